The Morgan fingerprint density at radius 2 is 1.88 bits per heavy atom. The van der Waals surface area contributed by atoms with E-state index in [-0.39, 0.29) is 0 Å². The number of hydrogen-bond donors (Lipinski definition) is 0. The van der Waals surface area contributed by atoms with Gasteiger partial charge in [0, 0.05) is 18.0 Å². The fourth-order valence-corrected chi connectivity index (χ4v) is 1.57. The Bertz CT molecular complexity index is 586. The second-order valence-electron chi connectivity index (χ2n) is 3.22. The zero-order valence-corrected chi connectivity index (χ0v) is 8.51. The van der Waals surface area contributed by atoms with Crippen molar-refractivity contribution in [3.63, 3.8) is 0 Å². The third-order valence-corrected chi connectivity index (χ3v) is 2.32. The van der Waals surface area contributed by atoms with Crippen molar-refractivity contribution < 1.29 is 0 Å². The molecule has 0 bridgehead atoms. The van der Waals surface area contributed by atoms with Crippen molar-refractivity contribution in [1.29, 1.82) is 5.26 Å². The molecule has 1 aromatic heterocycles. The third-order valence-electron chi connectivity index (χ3n) is 2.32. The molecule has 0 aliphatic rings. The Kier molecular flexibility index (Phi) is 2.67. The standard InChI is InChI=1S/C14H8N2/c1-2-13-12(10-15)4-3-5-14(13)11-6-8-16-9-7-11/h1,3-9H. The van der Waals surface area contributed by atoms with Crippen LogP contribution in [0, 0.1) is 23.7 Å². The van der Waals surface area contributed by atoms with E-state index in [4.69, 9.17) is 11.7 Å². The molecule has 0 amide bonds. The van der Waals surface area contributed by atoms with Crippen molar-refractivity contribution in [2.24, 2.45) is 0 Å². The smallest absolute Gasteiger partial charge is 0.100 e. The van der Waals surface area contributed by atoms with E-state index in [1.54, 1.807) is 18.5 Å². The summed E-state index contributed by atoms with van der Waals surface area (Å²) in [6, 6.07) is 11.3. The summed E-state index contributed by atoms with van der Waals surface area (Å²) in [6.07, 6.45) is 8.85. The molecule has 1 heterocycles. The Morgan fingerprint density at radius 1 is 1.12 bits per heavy atom. The summed E-state index contributed by atoms with van der Waals surface area (Å²) in [5, 5.41) is 8.96. The lowest BCUT2D eigenvalue weighted by Gasteiger charge is -2.05. The summed E-state index contributed by atoms with van der Waals surface area (Å²) in [5.74, 6) is 2.57. The Labute approximate surface area is 94.2 Å². The zero-order valence-electron chi connectivity index (χ0n) is 8.51. The molecule has 0 saturated carbocycles. The van der Waals surface area contributed by atoms with Crippen molar-refractivity contribution in [2.45, 2.75) is 0 Å². The molecule has 2 aromatic rings. The van der Waals surface area contributed by atoms with Gasteiger partial charge >= 0.3 is 0 Å². The number of terminal acetylenes is 1. The van der Waals surface area contributed by atoms with Gasteiger partial charge in [0.2, 0.25) is 0 Å². The maximum atomic E-state index is 8.96. The molecule has 0 saturated heterocycles. The number of benzene rings is 1. The van der Waals surface area contributed by atoms with E-state index in [0.717, 1.165) is 11.1 Å². The van der Waals surface area contributed by atoms with E-state index < -0.39 is 0 Å². The van der Waals surface area contributed by atoms with Crippen molar-refractivity contribution in [3.8, 4) is 29.5 Å². The molecule has 0 fully saturated rings. The Hall–Kier alpha value is -2.58. The van der Waals surface area contributed by atoms with Crippen LogP contribution in [0.1, 0.15) is 11.1 Å². The van der Waals surface area contributed by atoms with Gasteiger partial charge in [0.05, 0.1) is 5.56 Å². The first kappa shape index (κ1) is 9.96. The van der Waals surface area contributed by atoms with E-state index in [0.29, 0.717) is 11.1 Å². The second-order valence-corrected chi connectivity index (χ2v) is 3.22. The monoisotopic (exact) mass is 204 g/mol. The molecule has 0 atom stereocenters. The highest BCUT2D eigenvalue weighted by molar-refractivity contribution is 5.73. The average Bonchev–Trinajstić information content (AvgIpc) is 2.38. The van der Waals surface area contributed by atoms with Gasteiger partial charge in [-0.3, -0.25) is 4.98 Å². The number of aromatic nitrogens is 1. The van der Waals surface area contributed by atoms with E-state index >= 15 is 0 Å². The molecule has 0 aliphatic carbocycles. The summed E-state index contributed by atoms with van der Waals surface area (Å²) in [7, 11) is 0. The summed E-state index contributed by atoms with van der Waals surface area (Å²) in [5.41, 5.74) is 3.03. The summed E-state index contributed by atoms with van der Waals surface area (Å²) < 4.78 is 0. The maximum Gasteiger partial charge on any atom is 0.100 e. The molecule has 2 heteroatoms. The average molecular weight is 204 g/mol. The van der Waals surface area contributed by atoms with Gasteiger partial charge in [0.25, 0.3) is 0 Å². The lowest BCUT2D eigenvalue weighted by Crippen LogP contribution is -1.89. The zero-order chi connectivity index (χ0) is 11.4. The molecule has 74 valence electrons. The van der Waals surface area contributed by atoms with Crippen LogP contribution in [0.25, 0.3) is 11.1 Å². The fraction of sp³-hybridized carbons (Fsp3) is 0. The predicted molar refractivity (Wildman–Crippen MR) is 62.3 cm³/mol. The molecule has 0 spiro atoms. The largest absolute Gasteiger partial charge is 0.265 e. The van der Waals surface area contributed by atoms with E-state index in [2.05, 4.69) is 17.0 Å². The van der Waals surface area contributed by atoms with E-state index in [1.165, 1.54) is 0 Å². The first-order chi connectivity index (χ1) is 7.86. The highest BCUT2D eigenvalue weighted by Gasteiger charge is 2.07. The first-order valence-electron chi connectivity index (χ1n) is 4.77. The maximum absolute atomic E-state index is 8.96. The summed E-state index contributed by atoms with van der Waals surface area (Å²) >= 11 is 0. The van der Waals surface area contributed by atoms with Crippen LogP contribution in [0.15, 0.2) is 42.7 Å². The summed E-state index contributed by atoms with van der Waals surface area (Å²) in [4.78, 5) is 3.95. The highest BCUT2D eigenvalue weighted by Crippen LogP contribution is 2.24. The van der Waals surface area contributed by atoms with Crippen LogP contribution < -0.4 is 0 Å². The topological polar surface area (TPSA) is 36.7 Å². The molecule has 0 N–H and O–H groups in total. The molecule has 0 aliphatic heterocycles. The third kappa shape index (κ3) is 1.65. The van der Waals surface area contributed by atoms with Crippen molar-refractivity contribution >= 4 is 0 Å². The molecule has 16 heavy (non-hydrogen) atoms. The highest BCUT2D eigenvalue weighted by atomic mass is 14.6. The van der Waals surface area contributed by atoms with Gasteiger partial charge in [0.15, 0.2) is 0 Å². The van der Waals surface area contributed by atoms with Gasteiger partial charge in [-0.15, -0.1) is 6.42 Å². The van der Waals surface area contributed by atoms with Crippen molar-refractivity contribution in [1.82, 2.24) is 4.98 Å². The van der Waals surface area contributed by atoms with Crippen LogP contribution >= 0.6 is 0 Å². The van der Waals surface area contributed by atoms with Crippen LogP contribution in [0.3, 0.4) is 0 Å². The number of nitrogens with zero attached hydrogens (tertiary/aromatic N) is 2. The minimum Gasteiger partial charge on any atom is -0.265 e. The quantitative estimate of drug-likeness (QED) is 0.669. The molecule has 0 radical (unpaired) electrons. The van der Waals surface area contributed by atoms with E-state index in [1.807, 2.05) is 24.3 Å². The number of rotatable bonds is 1. The Balaban J connectivity index is 2.69. The molecule has 2 nitrogen and oxygen atoms in total. The SMILES string of the molecule is C#Cc1c(C#N)cccc1-c1ccncc1. The van der Waals surface area contributed by atoms with E-state index in [9.17, 15) is 0 Å². The number of pyridine rings is 1. The lowest BCUT2D eigenvalue weighted by molar-refractivity contribution is 1.33. The van der Waals surface area contributed by atoms with Gasteiger partial charge in [-0.25, -0.2) is 0 Å². The normalized spacial score (nSPS) is 9.12. The molecule has 1 aromatic carbocycles. The van der Waals surface area contributed by atoms with Crippen LogP contribution in [0.4, 0.5) is 0 Å². The van der Waals surface area contributed by atoms with Crippen LogP contribution in [0.5, 0.6) is 0 Å². The van der Waals surface area contributed by atoms with Gasteiger partial charge in [-0.1, -0.05) is 18.1 Å². The molecule has 2 rings (SSSR count). The van der Waals surface area contributed by atoms with Gasteiger partial charge in [-0.2, -0.15) is 5.26 Å². The minimum absolute atomic E-state index is 0.525. The Morgan fingerprint density at radius 3 is 2.50 bits per heavy atom. The number of nitriles is 1. The summed E-state index contributed by atoms with van der Waals surface area (Å²) in [6.45, 7) is 0. The molecular formula is C14H8N2. The van der Waals surface area contributed by atoms with Gasteiger partial charge < -0.3 is 0 Å². The van der Waals surface area contributed by atoms with Crippen molar-refractivity contribution in [3.05, 3.63) is 53.9 Å². The predicted octanol–water partition coefficient (Wildman–Crippen LogP) is 2.60. The molecular weight excluding hydrogens is 196 g/mol. The number of hydrogen-bond acceptors (Lipinski definition) is 2. The van der Waals surface area contributed by atoms with Crippen LogP contribution in [0.2, 0.25) is 0 Å². The second kappa shape index (κ2) is 4.29. The van der Waals surface area contributed by atoms with Crippen molar-refractivity contribution in [2.75, 3.05) is 0 Å². The van der Waals surface area contributed by atoms with Crippen LogP contribution in [-0.4, -0.2) is 4.98 Å². The molecule has 0 unspecified atom stereocenters. The van der Waals surface area contributed by atoms with Gasteiger partial charge in [0.1, 0.15) is 6.07 Å². The van der Waals surface area contributed by atoms with Crippen LogP contribution in [-0.2, 0) is 0 Å². The van der Waals surface area contributed by atoms with Gasteiger partial charge in [-0.05, 0) is 29.3 Å². The lowest BCUT2D eigenvalue weighted by atomic mass is 9.97. The first-order valence-corrected chi connectivity index (χ1v) is 4.77. The fourth-order valence-electron chi connectivity index (χ4n) is 1.57. The minimum atomic E-state index is 0.525.